The second-order valence-electron chi connectivity index (χ2n) is 6.11. The molecule has 20 heavy (non-hydrogen) atoms. The lowest BCUT2D eigenvalue weighted by Gasteiger charge is -2.14. The molecule has 1 rings (SSSR count). The fraction of sp³-hybridized carbons (Fsp3) is 0.684. The van der Waals surface area contributed by atoms with Crippen LogP contribution in [0.5, 0.6) is 0 Å². The van der Waals surface area contributed by atoms with Crippen molar-refractivity contribution in [2.75, 3.05) is 0 Å². The maximum absolute atomic E-state index is 5.98. The fourth-order valence-electron chi connectivity index (χ4n) is 2.54. The lowest BCUT2D eigenvalue weighted by Crippen LogP contribution is -2.08. The highest BCUT2D eigenvalue weighted by molar-refractivity contribution is 5.29. The zero-order valence-corrected chi connectivity index (χ0v) is 13.9. The largest absolute Gasteiger partial charge is 0.374 e. The third-order valence-electron chi connectivity index (χ3n) is 3.99. The zero-order chi connectivity index (χ0) is 14.8. The van der Waals surface area contributed by atoms with E-state index in [0.717, 1.165) is 6.61 Å². The van der Waals surface area contributed by atoms with Crippen LogP contribution >= 0.6 is 0 Å². The molecule has 0 aliphatic heterocycles. The Kier molecular flexibility index (Phi) is 8.60. The highest BCUT2D eigenvalue weighted by atomic mass is 16.5. The molecule has 1 atom stereocenters. The van der Waals surface area contributed by atoms with Crippen molar-refractivity contribution in [1.82, 2.24) is 0 Å². The molecule has 0 heterocycles. The van der Waals surface area contributed by atoms with E-state index in [1.807, 2.05) is 0 Å². The molecule has 0 N–H and O–H groups in total. The minimum Gasteiger partial charge on any atom is -0.374 e. The first-order valence-corrected chi connectivity index (χ1v) is 8.31. The summed E-state index contributed by atoms with van der Waals surface area (Å²) in [6.07, 6.45) is 9.73. The molecular weight excluding hydrogens is 244 g/mol. The van der Waals surface area contributed by atoms with E-state index in [4.69, 9.17) is 4.74 Å². The van der Waals surface area contributed by atoms with Gasteiger partial charge in [0.05, 0.1) is 12.7 Å². The Morgan fingerprint density at radius 1 is 1.00 bits per heavy atom. The van der Waals surface area contributed by atoms with E-state index in [1.165, 1.54) is 61.6 Å². The number of aryl methyl sites for hydroxylation is 2. The minimum atomic E-state index is 0.377. The Morgan fingerprint density at radius 3 is 2.40 bits per heavy atom. The van der Waals surface area contributed by atoms with Crippen LogP contribution < -0.4 is 0 Å². The molecule has 1 heteroatoms. The highest BCUT2D eigenvalue weighted by Crippen LogP contribution is 2.15. The normalized spacial score (nSPS) is 12.6. The molecule has 0 fully saturated rings. The monoisotopic (exact) mass is 276 g/mol. The number of hydrogen-bond acceptors (Lipinski definition) is 1. The molecule has 0 saturated carbocycles. The van der Waals surface area contributed by atoms with Crippen molar-refractivity contribution in [3.63, 3.8) is 0 Å². The third kappa shape index (κ3) is 7.09. The Morgan fingerprint density at radius 2 is 1.70 bits per heavy atom. The van der Waals surface area contributed by atoms with Crippen LogP contribution in [-0.2, 0) is 11.3 Å². The molecule has 1 nitrogen and oxygen atoms in total. The van der Waals surface area contributed by atoms with E-state index in [2.05, 4.69) is 45.9 Å². The van der Waals surface area contributed by atoms with Gasteiger partial charge in [0.15, 0.2) is 0 Å². The fourth-order valence-corrected chi connectivity index (χ4v) is 2.54. The van der Waals surface area contributed by atoms with Crippen molar-refractivity contribution in [1.29, 1.82) is 0 Å². The van der Waals surface area contributed by atoms with Crippen molar-refractivity contribution in [3.8, 4) is 0 Å². The molecule has 0 aromatic heterocycles. The van der Waals surface area contributed by atoms with E-state index in [-0.39, 0.29) is 0 Å². The summed E-state index contributed by atoms with van der Waals surface area (Å²) >= 11 is 0. The van der Waals surface area contributed by atoms with Gasteiger partial charge in [0, 0.05) is 0 Å². The van der Waals surface area contributed by atoms with Crippen molar-refractivity contribution in [2.45, 2.75) is 85.4 Å². The molecular formula is C19H32O. The van der Waals surface area contributed by atoms with Gasteiger partial charge in [-0.25, -0.2) is 0 Å². The van der Waals surface area contributed by atoms with Gasteiger partial charge >= 0.3 is 0 Å². The SMILES string of the molecule is CCCCCCCCC(C)OCc1ccc(C)cc1C. The number of rotatable bonds is 10. The predicted molar refractivity (Wildman–Crippen MR) is 88.2 cm³/mol. The van der Waals surface area contributed by atoms with Gasteiger partial charge in [-0.15, -0.1) is 0 Å². The second-order valence-corrected chi connectivity index (χ2v) is 6.11. The molecule has 114 valence electrons. The number of ether oxygens (including phenoxy) is 1. The highest BCUT2D eigenvalue weighted by Gasteiger charge is 2.04. The Balaban J connectivity index is 2.14. The molecule has 0 radical (unpaired) electrons. The summed E-state index contributed by atoms with van der Waals surface area (Å²) in [5, 5.41) is 0. The van der Waals surface area contributed by atoms with E-state index >= 15 is 0 Å². The number of hydrogen-bond donors (Lipinski definition) is 0. The smallest absolute Gasteiger partial charge is 0.0723 e. The average Bonchev–Trinajstić information content (AvgIpc) is 2.41. The van der Waals surface area contributed by atoms with Gasteiger partial charge in [0.2, 0.25) is 0 Å². The summed E-state index contributed by atoms with van der Waals surface area (Å²) in [5.74, 6) is 0. The van der Waals surface area contributed by atoms with Gasteiger partial charge in [-0.3, -0.25) is 0 Å². The van der Waals surface area contributed by atoms with E-state index < -0.39 is 0 Å². The van der Waals surface area contributed by atoms with Crippen LogP contribution in [0.2, 0.25) is 0 Å². The van der Waals surface area contributed by atoms with Gasteiger partial charge in [0.1, 0.15) is 0 Å². The van der Waals surface area contributed by atoms with Crippen molar-refractivity contribution in [3.05, 3.63) is 34.9 Å². The summed E-state index contributed by atoms with van der Waals surface area (Å²) in [6, 6.07) is 6.60. The van der Waals surface area contributed by atoms with Crippen LogP contribution in [0, 0.1) is 13.8 Å². The van der Waals surface area contributed by atoms with Crippen molar-refractivity contribution in [2.24, 2.45) is 0 Å². The lowest BCUT2D eigenvalue weighted by atomic mass is 10.1. The van der Waals surface area contributed by atoms with E-state index in [1.54, 1.807) is 0 Å². The summed E-state index contributed by atoms with van der Waals surface area (Å²) in [5.41, 5.74) is 3.99. The molecule has 1 unspecified atom stereocenters. The average molecular weight is 276 g/mol. The Labute approximate surface area is 125 Å². The number of benzene rings is 1. The molecule has 1 aromatic carbocycles. The maximum atomic E-state index is 5.98. The summed E-state index contributed by atoms with van der Waals surface area (Å²) in [4.78, 5) is 0. The standard InChI is InChI=1S/C19H32O/c1-5-6-7-8-9-10-11-18(4)20-15-19-13-12-16(2)14-17(19)3/h12-14,18H,5-11,15H2,1-4H3. The predicted octanol–water partition coefficient (Wildman–Crippen LogP) is 5.96. The quantitative estimate of drug-likeness (QED) is 0.479. The van der Waals surface area contributed by atoms with E-state index in [0.29, 0.717) is 6.10 Å². The van der Waals surface area contributed by atoms with Gasteiger partial charge in [-0.05, 0) is 38.3 Å². The Hall–Kier alpha value is -0.820. The van der Waals surface area contributed by atoms with Gasteiger partial charge in [0.25, 0.3) is 0 Å². The van der Waals surface area contributed by atoms with Crippen LogP contribution in [0.4, 0.5) is 0 Å². The third-order valence-corrected chi connectivity index (χ3v) is 3.99. The first kappa shape index (κ1) is 17.2. The topological polar surface area (TPSA) is 9.23 Å². The van der Waals surface area contributed by atoms with Crippen molar-refractivity contribution >= 4 is 0 Å². The summed E-state index contributed by atoms with van der Waals surface area (Å²) in [6.45, 7) is 9.53. The molecule has 0 bridgehead atoms. The van der Waals surface area contributed by atoms with Crippen LogP contribution in [0.15, 0.2) is 18.2 Å². The molecule has 0 spiro atoms. The minimum absolute atomic E-state index is 0.377. The first-order valence-electron chi connectivity index (χ1n) is 8.31. The molecule has 1 aromatic rings. The lowest BCUT2D eigenvalue weighted by molar-refractivity contribution is 0.0456. The molecule has 0 amide bonds. The van der Waals surface area contributed by atoms with Crippen molar-refractivity contribution < 1.29 is 4.74 Å². The Bertz CT molecular complexity index is 370. The maximum Gasteiger partial charge on any atom is 0.0723 e. The van der Waals surface area contributed by atoms with Crippen LogP contribution in [0.3, 0.4) is 0 Å². The number of unbranched alkanes of at least 4 members (excludes halogenated alkanes) is 5. The first-order chi connectivity index (χ1) is 9.63. The van der Waals surface area contributed by atoms with Crippen LogP contribution in [0.25, 0.3) is 0 Å². The van der Waals surface area contributed by atoms with Gasteiger partial charge < -0.3 is 4.74 Å². The molecule has 0 saturated heterocycles. The summed E-state index contributed by atoms with van der Waals surface area (Å²) < 4.78 is 5.98. The van der Waals surface area contributed by atoms with Crippen LogP contribution in [0.1, 0.15) is 75.5 Å². The van der Waals surface area contributed by atoms with E-state index in [9.17, 15) is 0 Å². The summed E-state index contributed by atoms with van der Waals surface area (Å²) in [7, 11) is 0. The molecule has 0 aliphatic rings. The van der Waals surface area contributed by atoms with Gasteiger partial charge in [-0.2, -0.15) is 0 Å². The second kappa shape index (κ2) is 9.99. The molecule has 0 aliphatic carbocycles. The van der Waals surface area contributed by atoms with Crippen LogP contribution in [-0.4, -0.2) is 6.10 Å². The van der Waals surface area contributed by atoms with Gasteiger partial charge in [-0.1, -0.05) is 69.2 Å². The zero-order valence-electron chi connectivity index (χ0n) is 13.9.